The molecule has 3 heteroatoms. The summed E-state index contributed by atoms with van der Waals surface area (Å²) in [5.74, 6) is 1.65. The Morgan fingerprint density at radius 1 is 1.27 bits per heavy atom. The number of methoxy groups -OCH3 is 2. The zero-order chi connectivity index (χ0) is 11.3. The fourth-order valence-electron chi connectivity index (χ4n) is 1.34. The number of Topliss-reactive ketones (excluding diaryl/α,β-unsaturated/α-hetero) is 1. The molecule has 15 heavy (non-hydrogen) atoms. The van der Waals surface area contributed by atoms with Crippen LogP contribution in [0.2, 0.25) is 0 Å². The van der Waals surface area contributed by atoms with Crippen molar-refractivity contribution in [3.63, 3.8) is 0 Å². The highest BCUT2D eigenvalue weighted by molar-refractivity contribution is 5.81. The summed E-state index contributed by atoms with van der Waals surface area (Å²) in [6.45, 7) is 1.86. The standard InChI is InChI=1S/C12H16O3/c1-4-10(13)7-9-5-6-11(14-2)8-12(9)15-3/h5-6,8H,4,7H2,1-3H3. The summed E-state index contributed by atoms with van der Waals surface area (Å²) in [5.41, 5.74) is 0.908. The van der Waals surface area contributed by atoms with Crippen molar-refractivity contribution < 1.29 is 14.3 Å². The monoisotopic (exact) mass is 208 g/mol. The maximum atomic E-state index is 11.3. The van der Waals surface area contributed by atoms with Gasteiger partial charge in [0.15, 0.2) is 0 Å². The van der Waals surface area contributed by atoms with Crippen molar-refractivity contribution in [2.75, 3.05) is 14.2 Å². The molecule has 0 atom stereocenters. The quantitative estimate of drug-likeness (QED) is 0.744. The lowest BCUT2D eigenvalue weighted by Crippen LogP contribution is -2.02. The van der Waals surface area contributed by atoms with Crippen LogP contribution in [0.4, 0.5) is 0 Å². The van der Waals surface area contributed by atoms with E-state index in [0.717, 1.165) is 11.3 Å². The van der Waals surface area contributed by atoms with Crippen LogP contribution >= 0.6 is 0 Å². The second-order valence-corrected chi connectivity index (χ2v) is 3.25. The molecule has 0 fully saturated rings. The summed E-state index contributed by atoms with van der Waals surface area (Å²) in [7, 11) is 3.19. The molecule has 1 aromatic carbocycles. The van der Waals surface area contributed by atoms with E-state index in [1.165, 1.54) is 0 Å². The van der Waals surface area contributed by atoms with E-state index in [0.29, 0.717) is 18.6 Å². The Morgan fingerprint density at radius 2 is 2.00 bits per heavy atom. The van der Waals surface area contributed by atoms with Crippen molar-refractivity contribution in [2.45, 2.75) is 19.8 Å². The van der Waals surface area contributed by atoms with Crippen LogP contribution in [0.25, 0.3) is 0 Å². The molecule has 0 aliphatic rings. The van der Waals surface area contributed by atoms with Crippen LogP contribution in [0, 0.1) is 0 Å². The highest BCUT2D eigenvalue weighted by Crippen LogP contribution is 2.25. The molecule has 0 aliphatic heterocycles. The Hall–Kier alpha value is -1.51. The van der Waals surface area contributed by atoms with E-state index in [-0.39, 0.29) is 5.78 Å². The first-order valence-corrected chi connectivity index (χ1v) is 4.93. The lowest BCUT2D eigenvalue weighted by molar-refractivity contribution is -0.118. The smallest absolute Gasteiger partial charge is 0.137 e. The van der Waals surface area contributed by atoms with Crippen molar-refractivity contribution in [3.8, 4) is 11.5 Å². The molecule has 0 amide bonds. The van der Waals surface area contributed by atoms with Gasteiger partial charge in [0.25, 0.3) is 0 Å². The van der Waals surface area contributed by atoms with Gasteiger partial charge in [-0.15, -0.1) is 0 Å². The number of ether oxygens (including phenoxy) is 2. The van der Waals surface area contributed by atoms with Crippen LogP contribution in [0.15, 0.2) is 18.2 Å². The van der Waals surface area contributed by atoms with E-state index in [4.69, 9.17) is 9.47 Å². The number of hydrogen-bond donors (Lipinski definition) is 0. The van der Waals surface area contributed by atoms with Gasteiger partial charge >= 0.3 is 0 Å². The number of benzene rings is 1. The average Bonchev–Trinajstić information content (AvgIpc) is 2.29. The Morgan fingerprint density at radius 3 is 2.53 bits per heavy atom. The molecule has 0 N–H and O–H groups in total. The molecular weight excluding hydrogens is 192 g/mol. The number of carbonyl (C=O) groups is 1. The number of carbonyl (C=O) groups excluding carboxylic acids is 1. The summed E-state index contributed by atoms with van der Waals surface area (Å²) in [6.07, 6.45) is 0.971. The maximum Gasteiger partial charge on any atom is 0.137 e. The van der Waals surface area contributed by atoms with Gasteiger partial charge in [0, 0.05) is 24.5 Å². The van der Waals surface area contributed by atoms with E-state index in [1.54, 1.807) is 20.3 Å². The van der Waals surface area contributed by atoms with Gasteiger partial charge in [-0.2, -0.15) is 0 Å². The molecule has 3 nitrogen and oxygen atoms in total. The largest absolute Gasteiger partial charge is 0.497 e. The fourth-order valence-corrected chi connectivity index (χ4v) is 1.34. The Bertz CT molecular complexity index is 345. The maximum absolute atomic E-state index is 11.3. The second kappa shape index (κ2) is 5.39. The highest BCUT2D eigenvalue weighted by atomic mass is 16.5. The normalized spacial score (nSPS) is 9.80. The minimum Gasteiger partial charge on any atom is -0.497 e. The molecule has 82 valence electrons. The Balaban J connectivity index is 2.92. The predicted octanol–water partition coefficient (Wildman–Crippen LogP) is 2.23. The predicted molar refractivity (Wildman–Crippen MR) is 58.5 cm³/mol. The molecule has 0 bridgehead atoms. The van der Waals surface area contributed by atoms with Crippen molar-refractivity contribution in [2.24, 2.45) is 0 Å². The minimum atomic E-state index is 0.207. The summed E-state index contributed by atoms with van der Waals surface area (Å²) in [5, 5.41) is 0. The SMILES string of the molecule is CCC(=O)Cc1ccc(OC)cc1OC. The number of ketones is 1. The van der Waals surface area contributed by atoms with E-state index in [2.05, 4.69) is 0 Å². The van der Waals surface area contributed by atoms with Gasteiger partial charge in [-0.3, -0.25) is 4.79 Å². The number of rotatable bonds is 5. The van der Waals surface area contributed by atoms with Gasteiger partial charge in [0.1, 0.15) is 17.3 Å². The lowest BCUT2D eigenvalue weighted by Gasteiger charge is -2.09. The number of hydrogen-bond acceptors (Lipinski definition) is 3. The van der Waals surface area contributed by atoms with Gasteiger partial charge in [-0.05, 0) is 6.07 Å². The molecule has 1 aromatic rings. The molecule has 0 aliphatic carbocycles. The average molecular weight is 208 g/mol. The zero-order valence-corrected chi connectivity index (χ0v) is 9.37. The van der Waals surface area contributed by atoms with Crippen LogP contribution in [0.1, 0.15) is 18.9 Å². The van der Waals surface area contributed by atoms with Crippen LogP contribution < -0.4 is 9.47 Å². The first kappa shape index (κ1) is 11.6. The third-order valence-electron chi connectivity index (χ3n) is 2.28. The minimum absolute atomic E-state index is 0.207. The summed E-state index contributed by atoms with van der Waals surface area (Å²) >= 11 is 0. The van der Waals surface area contributed by atoms with E-state index in [9.17, 15) is 4.79 Å². The van der Waals surface area contributed by atoms with Gasteiger partial charge in [0.2, 0.25) is 0 Å². The van der Waals surface area contributed by atoms with Gasteiger partial charge in [-0.25, -0.2) is 0 Å². The van der Waals surface area contributed by atoms with E-state index in [1.807, 2.05) is 19.1 Å². The summed E-state index contributed by atoms with van der Waals surface area (Å²) < 4.78 is 10.3. The molecular formula is C12H16O3. The molecule has 0 unspecified atom stereocenters. The first-order chi connectivity index (χ1) is 7.21. The molecule has 0 saturated heterocycles. The van der Waals surface area contributed by atoms with Gasteiger partial charge in [-0.1, -0.05) is 13.0 Å². The van der Waals surface area contributed by atoms with Gasteiger partial charge < -0.3 is 9.47 Å². The van der Waals surface area contributed by atoms with Crippen molar-refractivity contribution in [1.29, 1.82) is 0 Å². The lowest BCUT2D eigenvalue weighted by atomic mass is 10.1. The molecule has 0 aromatic heterocycles. The van der Waals surface area contributed by atoms with Crippen LogP contribution in [-0.4, -0.2) is 20.0 Å². The third kappa shape index (κ3) is 2.98. The van der Waals surface area contributed by atoms with E-state index >= 15 is 0 Å². The van der Waals surface area contributed by atoms with E-state index < -0.39 is 0 Å². The Kier molecular flexibility index (Phi) is 4.16. The van der Waals surface area contributed by atoms with Crippen molar-refractivity contribution in [3.05, 3.63) is 23.8 Å². The topological polar surface area (TPSA) is 35.5 Å². The molecule has 0 heterocycles. The molecule has 0 saturated carbocycles. The van der Waals surface area contributed by atoms with Crippen molar-refractivity contribution in [1.82, 2.24) is 0 Å². The van der Waals surface area contributed by atoms with Crippen LogP contribution in [-0.2, 0) is 11.2 Å². The second-order valence-electron chi connectivity index (χ2n) is 3.25. The summed E-state index contributed by atoms with van der Waals surface area (Å²) in [4.78, 5) is 11.3. The molecule has 0 spiro atoms. The first-order valence-electron chi connectivity index (χ1n) is 4.93. The van der Waals surface area contributed by atoms with Crippen LogP contribution in [0.3, 0.4) is 0 Å². The molecule has 1 rings (SSSR count). The zero-order valence-electron chi connectivity index (χ0n) is 9.37. The summed E-state index contributed by atoms with van der Waals surface area (Å²) in [6, 6.07) is 5.49. The van der Waals surface area contributed by atoms with Crippen molar-refractivity contribution >= 4 is 5.78 Å². The highest BCUT2D eigenvalue weighted by Gasteiger charge is 2.08. The van der Waals surface area contributed by atoms with Crippen LogP contribution in [0.5, 0.6) is 11.5 Å². The molecule has 0 radical (unpaired) electrons. The third-order valence-corrected chi connectivity index (χ3v) is 2.28. The van der Waals surface area contributed by atoms with Gasteiger partial charge in [0.05, 0.1) is 14.2 Å². The fraction of sp³-hybridized carbons (Fsp3) is 0.417. The Labute approximate surface area is 90.0 Å².